The molecule has 0 aliphatic heterocycles. The minimum atomic E-state index is -0.248. The van der Waals surface area contributed by atoms with Crippen molar-refractivity contribution < 1.29 is 4.39 Å². The Labute approximate surface area is 112 Å². The van der Waals surface area contributed by atoms with Crippen molar-refractivity contribution >= 4 is 34.1 Å². The van der Waals surface area contributed by atoms with Gasteiger partial charge >= 0.3 is 0 Å². The zero-order valence-corrected chi connectivity index (χ0v) is 11.2. The molecule has 0 amide bonds. The van der Waals surface area contributed by atoms with Gasteiger partial charge in [0.1, 0.15) is 5.82 Å². The predicted octanol–water partition coefficient (Wildman–Crippen LogP) is 4.71. The average molecular weight is 310 g/mol. The molecule has 2 aromatic carbocycles. The van der Waals surface area contributed by atoms with Crippen LogP contribution in [0.3, 0.4) is 0 Å². The Hall–Kier alpha value is -1.13. The van der Waals surface area contributed by atoms with Crippen molar-refractivity contribution in [1.29, 1.82) is 0 Å². The van der Waals surface area contributed by atoms with E-state index in [2.05, 4.69) is 20.3 Å². The maximum atomic E-state index is 12.9. The third-order valence-corrected chi connectivity index (χ3v) is 3.24. The van der Waals surface area contributed by atoms with Crippen molar-refractivity contribution in [2.24, 2.45) is 4.40 Å². The molecule has 4 heteroatoms. The highest BCUT2D eigenvalue weighted by molar-refractivity contribution is 9.10. The number of hydrogen-bond donors (Lipinski definition) is 0. The van der Waals surface area contributed by atoms with Crippen LogP contribution in [0.1, 0.15) is 5.56 Å². The van der Waals surface area contributed by atoms with Gasteiger partial charge in [0, 0.05) is 27.5 Å². The Bertz CT molecular complexity index is 525. The molecule has 2 aromatic rings. The second-order valence-corrected chi connectivity index (χ2v) is 5.12. The first kappa shape index (κ1) is 12.3. The quantitative estimate of drug-likeness (QED) is 0.590. The fourth-order valence-electron chi connectivity index (χ4n) is 1.23. The predicted molar refractivity (Wildman–Crippen MR) is 74.0 cm³/mol. The van der Waals surface area contributed by atoms with E-state index < -0.39 is 0 Å². The second-order valence-electron chi connectivity index (χ2n) is 3.33. The van der Waals surface area contributed by atoms with Gasteiger partial charge in [-0.15, -0.1) is 0 Å². The molecule has 0 spiro atoms. The third-order valence-electron chi connectivity index (χ3n) is 2.02. The molecule has 0 N–H and O–H groups in total. The molecule has 1 nitrogen and oxygen atoms in total. The summed E-state index contributed by atoms with van der Waals surface area (Å²) in [6.07, 6.45) is 1.65. The highest BCUT2D eigenvalue weighted by Crippen LogP contribution is 2.21. The van der Waals surface area contributed by atoms with E-state index in [1.165, 1.54) is 24.1 Å². The molecule has 0 unspecified atom stereocenters. The van der Waals surface area contributed by atoms with Crippen LogP contribution < -0.4 is 0 Å². The molecule has 0 atom stereocenters. The van der Waals surface area contributed by atoms with Crippen molar-refractivity contribution in [1.82, 2.24) is 0 Å². The van der Waals surface area contributed by atoms with Crippen molar-refractivity contribution in [3.05, 3.63) is 64.4 Å². The molecule has 0 radical (unpaired) electrons. The smallest absolute Gasteiger partial charge is 0.123 e. The molecule has 17 heavy (non-hydrogen) atoms. The minimum Gasteiger partial charge on any atom is -0.219 e. The van der Waals surface area contributed by atoms with Crippen LogP contribution in [0.4, 0.5) is 4.39 Å². The fraction of sp³-hybridized carbons (Fsp3) is 0. The molecule has 0 aromatic heterocycles. The normalized spacial score (nSPS) is 10.9. The van der Waals surface area contributed by atoms with E-state index in [1.54, 1.807) is 12.3 Å². The summed E-state index contributed by atoms with van der Waals surface area (Å²) in [7, 11) is 0. The van der Waals surface area contributed by atoms with Gasteiger partial charge in [0.15, 0.2) is 0 Å². The number of rotatable bonds is 3. The van der Waals surface area contributed by atoms with Gasteiger partial charge in [0.25, 0.3) is 0 Å². The Balaban J connectivity index is 2.00. The van der Waals surface area contributed by atoms with E-state index in [9.17, 15) is 4.39 Å². The highest BCUT2D eigenvalue weighted by atomic mass is 79.9. The first-order valence-electron chi connectivity index (χ1n) is 4.95. The molecule has 86 valence electrons. The van der Waals surface area contributed by atoms with Crippen molar-refractivity contribution in [3.8, 4) is 0 Å². The topological polar surface area (TPSA) is 12.4 Å². The second kappa shape index (κ2) is 5.98. The monoisotopic (exact) mass is 309 g/mol. The van der Waals surface area contributed by atoms with Crippen LogP contribution in [0, 0.1) is 5.82 Å². The standard InChI is InChI=1S/C13H9BrFNS/c14-11-4-6-13(7-5-11)17-16-9-10-2-1-3-12(15)8-10/h1-9H. The first-order chi connectivity index (χ1) is 8.24. The SMILES string of the molecule is Fc1cccc(C=NSc2ccc(Br)cc2)c1. The molecule has 0 saturated carbocycles. The third kappa shape index (κ3) is 3.98. The van der Waals surface area contributed by atoms with Crippen molar-refractivity contribution in [2.75, 3.05) is 0 Å². The lowest BCUT2D eigenvalue weighted by Crippen LogP contribution is -1.81. The molecule has 0 saturated heterocycles. The van der Waals surface area contributed by atoms with E-state index >= 15 is 0 Å². The van der Waals surface area contributed by atoms with Crippen molar-refractivity contribution in [3.63, 3.8) is 0 Å². The summed E-state index contributed by atoms with van der Waals surface area (Å²) in [6.45, 7) is 0. The maximum Gasteiger partial charge on any atom is 0.123 e. The molecular formula is C13H9BrFNS. The summed E-state index contributed by atoms with van der Waals surface area (Å²) in [6, 6.07) is 14.2. The summed E-state index contributed by atoms with van der Waals surface area (Å²) < 4.78 is 18.1. The lowest BCUT2D eigenvalue weighted by molar-refractivity contribution is 0.627. The van der Waals surface area contributed by atoms with Gasteiger partial charge in [-0.25, -0.2) is 8.79 Å². The minimum absolute atomic E-state index is 0.248. The van der Waals surface area contributed by atoms with Gasteiger partial charge in [0.2, 0.25) is 0 Å². The van der Waals surface area contributed by atoms with Crippen LogP contribution in [-0.4, -0.2) is 6.21 Å². The Morgan fingerprint density at radius 3 is 2.59 bits per heavy atom. The maximum absolute atomic E-state index is 12.9. The van der Waals surface area contributed by atoms with Crippen LogP contribution in [0.15, 0.2) is 62.3 Å². The average Bonchev–Trinajstić information content (AvgIpc) is 2.32. The van der Waals surface area contributed by atoms with Gasteiger partial charge in [-0.2, -0.15) is 0 Å². The molecule has 0 fully saturated rings. The van der Waals surface area contributed by atoms with E-state index in [4.69, 9.17) is 0 Å². The van der Waals surface area contributed by atoms with Crippen LogP contribution in [0.25, 0.3) is 0 Å². The zero-order chi connectivity index (χ0) is 12.1. The summed E-state index contributed by atoms with van der Waals surface area (Å²) >= 11 is 4.72. The van der Waals surface area contributed by atoms with Gasteiger partial charge in [-0.3, -0.25) is 0 Å². The number of halogens is 2. The van der Waals surface area contributed by atoms with Crippen LogP contribution in [-0.2, 0) is 0 Å². The van der Waals surface area contributed by atoms with E-state index in [0.717, 1.165) is 14.9 Å². The highest BCUT2D eigenvalue weighted by Gasteiger charge is 1.93. The van der Waals surface area contributed by atoms with E-state index in [-0.39, 0.29) is 5.82 Å². The summed E-state index contributed by atoms with van der Waals surface area (Å²) in [5, 5.41) is 0. The summed E-state index contributed by atoms with van der Waals surface area (Å²) in [4.78, 5) is 1.04. The molecule has 2 rings (SSSR count). The zero-order valence-electron chi connectivity index (χ0n) is 8.81. The first-order valence-corrected chi connectivity index (χ1v) is 6.52. The van der Waals surface area contributed by atoms with Gasteiger partial charge in [0.05, 0.1) is 0 Å². The lowest BCUT2D eigenvalue weighted by Gasteiger charge is -1.95. The lowest BCUT2D eigenvalue weighted by atomic mass is 10.2. The summed E-state index contributed by atoms with van der Waals surface area (Å²) in [5.41, 5.74) is 0.759. The number of hydrogen-bond acceptors (Lipinski definition) is 2. The number of nitrogens with zero attached hydrogens (tertiary/aromatic N) is 1. The van der Waals surface area contributed by atoms with Gasteiger partial charge in [-0.05, 0) is 42.0 Å². The molecular weight excluding hydrogens is 301 g/mol. The molecule has 0 bridgehead atoms. The van der Waals surface area contributed by atoms with E-state index in [0.29, 0.717) is 0 Å². The van der Waals surface area contributed by atoms with Crippen LogP contribution in [0.2, 0.25) is 0 Å². The fourth-order valence-corrected chi connectivity index (χ4v) is 2.05. The van der Waals surface area contributed by atoms with Gasteiger partial charge < -0.3 is 0 Å². The molecule has 0 heterocycles. The summed E-state index contributed by atoms with van der Waals surface area (Å²) in [5.74, 6) is -0.248. The molecule has 0 aliphatic rings. The van der Waals surface area contributed by atoms with Crippen LogP contribution in [0.5, 0.6) is 0 Å². The number of benzene rings is 2. The Morgan fingerprint density at radius 2 is 1.88 bits per heavy atom. The van der Waals surface area contributed by atoms with Gasteiger partial charge in [-0.1, -0.05) is 28.1 Å². The van der Waals surface area contributed by atoms with Crippen LogP contribution >= 0.6 is 27.9 Å². The Kier molecular flexibility index (Phi) is 4.34. The molecule has 0 aliphatic carbocycles. The Morgan fingerprint density at radius 1 is 1.12 bits per heavy atom. The van der Waals surface area contributed by atoms with E-state index in [1.807, 2.05) is 30.3 Å². The largest absolute Gasteiger partial charge is 0.219 e. The van der Waals surface area contributed by atoms with Crippen molar-refractivity contribution in [2.45, 2.75) is 4.90 Å².